The van der Waals surface area contributed by atoms with Gasteiger partial charge in [-0.1, -0.05) is 147 Å². The molecule has 58 heavy (non-hydrogen) atoms. The molecule has 11 rings (SSSR count). The fourth-order valence-corrected chi connectivity index (χ4v) is 9.49. The van der Waals surface area contributed by atoms with Gasteiger partial charge in [-0.3, -0.25) is 0 Å². The molecule has 0 bridgehead atoms. The van der Waals surface area contributed by atoms with Crippen LogP contribution in [0.3, 0.4) is 0 Å². The predicted octanol–water partition coefficient (Wildman–Crippen LogP) is 14.9. The summed E-state index contributed by atoms with van der Waals surface area (Å²) < 4.78 is 7.25. The molecular weight excluding hydrogens is 705 g/mol. The number of benzene rings is 8. The summed E-state index contributed by atoms with van der Waals surface area (Å²) in [6, 6.07) is 68.0. The quantitative estimate of drug-likeness (QED) is 0.162. The van der Waals surface area contributed by atoms with E-state index in [0.29, 0.717) is 0 Å². The maximum Gasteiger partial charge on any atom is 0.159 e. The van der Waals surface area contributed by atoms with E-state index in [-0.39, 0.29) is 5.41 Å². The van der Waals surface area contributed by atoms with Crippen molar-refractivity contribution in [1.29, 1.82) is 0 Å². The van der Waals surface area contributed by atoms with Gasteiger partial charge in [0.1, 0.15) is 5.76 Å². The van der Waals surface area contributed by atoms with E-state index in [2.05, 4.69) is 218 Å². The molecular formula is C55H42N2O. The average molecular weight is 747 g/mol. The zero-order valence-electron chi connectivity index (χ0n) is 32.7. The van der Waals surface area contributed by atoms with Crippen molar-refractivity contribution < 1.29 is 4.74 Å². The fraction of sp³-hybridized carbons (Fsp3) is 0.0909. The highest BCUT2D eigenvalue weighted by Gasteiger charge is 2.36. The minimum absolute atomic E-state index is 0.134. The number of hydrogen-bond acceptors (Lipinski definition) is 3. The average Bonchev–Trinajstić information content (AvgIpc) is 3.51. The molecule has 2 aliphatic carbocycles. The van der Waals surface area contributed by atoms with E-state index < -0.39 is 0 Å². The Labute approximate surface area is 340 Å². The minimum atomic E-state index is -0.134. The molecule has 0 unspecified atom stereocenters. The summed E-state index contributed by atoms with van der Waals surface area (Å²) in [5.74, 6) is 1.92. The summed E-state index contributed by atoms with van der Waals surface area (Å²) in [4.78, 5) is 4.80. The molecule has 0 atom stereocenters. The summed E-state index contributed by atoms with van der Waals surface area (Å²) in [5.41, 5.74) is 16.7. The Morgan fingerprint density at radius 1 is 0.466 bits per heavy atom. The number of allylic oxidation sites excluding steroid dienone is 4. The standard InChI is InChI=1S/C55H42N2O/c1-55(2)49-24-13-12-22-45(49)46-32-30-44(36-50(46)55)57(42-28-25-38(26-29-42)37-15-6-3-7-16-37)51-33-27-39-17-14-23-47-48-35-43(31-34-52(48)58-54(51)53(39)47)56(40-18-8-4-9-19-40)41-20-10-5-11-21-41/h3-30,32-33,35-36H,31,34H2,1-2H3. The number of rotatable bonds is 7. The largest absolute Gasteiger partial charge is 0.458 e. The van der Waals surface area contributed by atoms with E-state index >= 15 is 0 Å². The third kappa shape index (κ3) is 5.49. The first-order valence-electron chi connectivity index (χ1n) is 20.3. The Balaban J connectivity index is 1.08. The molecule has 3 nitrogen and oxygen atoms in total. The van der Waals surface area contributed by atoms with Gasteiger partial charge in [-0.2, -0.15) is 0 Å². The van der Waals surface area contributed by atoms with Crippen molar-refractivity contribution in [2.45, 2.75) is 32.1 Å². The third-order valence-corrected chi connectivity index (χ3v) is 12.3. The lowest BCUT2D eigenvalue weighted by Crippen LogP contribution is -2.21. The van der Waals surface area contributed by atoms with Crippen molar-refractivity contribution in [2.75, 3.05) is 9.80 Å². The normalized spacial score (nSPS) is 14.6. The van der Waals surface area contributed by atoms with Crippen molar-refractivity contribution in [3.8, 4) is 28.0 Å². The van der Waals surface area contributed by atoms with Gasteiger partial charge in [-0.05, 0) is 111 Å². The smallest absolute Gasteiger partial charge is 0.159 e. The van der Waals surface area contributed by atoms with Crippen LogP contribution in [0, 0.1) is 0 Å². The summed E-state index contributed by atoms with van der Waals surface area (Å²) in [6.45, 7) is 4.70. The highest BCUT2D eigenvalue weighted by Crippen LogP contribution is 2.54. The lowest BCUT2D eigenvalue weighted by atomic mass is 9.82. The molecule has 3 aliphatic rings. The van der Waals surface area contributed by atoms with Crippen LogP contribution < -0.4 is 14.5 Å². The molecule has 8 aromatic rings. The van der Waals surface area contributed by atoms with Gasteiger partial charge >= 0.3 is 0 Å². The third-order valence-electron chi connectivity index (χ3n) is 12.3. The Morgan fingerprint density at radius 2 is 1.07 bits per heavy atom. The first-order valence-corrected chi connectivity index (χ1v) is 20.3. The van der Waals surface area contributed by atoms with Crippen LogP contribution in [0.5, 0.6) is 5.75 Å². The molecule has 0 N–H and O–H groups in total. The molecule has 0 aromatic heterocycles. The number of fused-ring (bicyclic) bond motifs is 4. The van der Waals surface area contributed by atoms with Gasteiger partial charge in [-0.15, -0.1) is 0 Å². The summed E-state index contributed by atoms with van der Waals surface area (Å²) in [6.07, 6.45) is 4.00. The van der Waals surface area contributed by atoms with Crippen LogP contribution in [0.25, 0.3) is 38.6 Å². The molecule has 1 aliphatic heterocycles. The maximum atomic E-state index is 7.25. The van der Waals surface area contributed by atoms with Crippen molar-refractivity contribution in [3.05, 3.63) is 222 Å². The summed E-state index contributed by atoms with van der Waals surface area (Å²) in [7, 11) is 0. The van der Waals surface area contributed by atoms with E-state index in [1.807, 2.05) is 0 Å². The van der Waals surface area contributed by atoms with E-state index in [9.17, 15) is 0 Å². The zero-order valence-corrected chi connectivity index (χ0v) is 32.7. The highest BCUT2D eigenvalue weighted by molar-refractivity contribution is 6.07. The van der Waals surface area contributed by atoms with E-state index in [1.165, 1.54) is 44.6 Å². The van der Waals surface area contributed by atoms with Gasteiger partial charge in [0.05, 0.1) is 5.69 Å². The van der Waals surface area contributed by atoms with Gasteiger partial charge in [0.25, 0.3) is 0 Å². The predicted molar refractivity (Wildman–Crippen MR) is 242 cm³/mol. The van der Waals surface area contributed by atoms with Crippen LogP contribution in [0.1, 0.15) is 43.4 Å². The number of ether oxygens (including phenoxy) is 1. The maximum absolute atomic E-state index is 7.25. The molecule has 3 heteroatoms. The van der Waals surface area contributed by atoms with E-state index in [4.69, 9.17) is 4.74 Å². The Morgan fingerprint density at radius 3 is 1.81 bits per heavy atom. The second-order valence-corrected chi connectivity index (χ2v) is 16.0. The highest BCUT2D eigenvalue weighted by atomic mass is 16.5. The molecule has 0 saturated carbocycles. The van der Waals surface area contributed by atoms with Crippen molar-refractivity contribution >= 4 is 44.8 Å². The molecule has 278 valence electrons. The molecule has 1 heterocycles. The SMILES string of the molecule is CC1(C)c2ccccc2-c2ccc(N(c3ccc(-c4ccccc4)cc3)c3ccc4cccc5c4c3OC3=C5C=C(N(c4ccccc4)c4ccccc4)CC3)cc21. The molecule has 8 aromatic carbocycles. The van der Waals surface area contributed by atoms with Crippen molar-refractivity contribution in [3.63, 3.8) is 0 Å². The van der Waals surface area contributed by atoms with Crippen LogP contribution in [0.2, 0.25) is 0 Å². The van der Waals surface area contributed by atoms with Gasteiger partial charge in [0, 0.05) is 51.2 Å². The number of para-hydroxylation sites is 2. The Bertz CT molecular complexity index is 2890. The van der Waals surface area contributed by atoms with Crippen LogP contribution >= 0.6 is 0 Å². The van der Waals surface area contributed by atoms with Crippen LogP contribution in [0.4, 0.5) is 28.4 Å². The van der Waals surface area contributed by atoms with Gasteiger partial charge < -0.3 is 14.5 Å². The summed E-state index contributed by atoms with van der Waals surface area (Å²) >= 11 is 0. The first-order chi connectivity index (χ1) is 28.5. The molecule has 0 fully saturated rings. The first kappa shape index (κ1) is 34.2. The Kier molecular flexibility index (Phi) is 7.97. The molecule has 0 radical (unpaired) electrons. The molecule has 0 spiro atoms. The van der Waals surface area contributed by atoms with Crippen molar-refractivity contribution in [1.82, 2.24) is 0 Å². The van der Waals surface area contributed by atoms with Gasteiger partial charge in [0.2, 0.25) is 0 Å². The molecule has 0 amide bonds. The molecule has 0 saturated heterocycles. The van der Waals surface area contributed by atoms with Gasteiger partial charge in [0.15, 0.2) is 5.75 Å². The lowest BCUT2D eigenvalue weighted by molar-refractivity contribution is 0.406. The Hall–Kier alpha value is -7.10. The lowest BCUT2D eigenvalue weighted by Gasteiger charge is -2.35. The van der Waals surface area contributed by atoms with Crippen LogP contribution in [-0.2, 0) is 5.41 Å². The fourth-order valence-electron chi connectivity index (χ4n) is 9.49. The van der Waals surface area contributed by atoms with E-state index in [0.717, 1.165) is 69.1 Å². The topological polar surface area (TPSA) is 15.7 Å². The summed E-state index contributed by atoms with van der Waals surface area (Å²) in [5, 5.41) is 2.30. The van der Waals surface area contributed by atoms with Crippen molar-refractivity contribution in [2.24, 2.45) is 0 Å². The number of anilines is 5. The van der Waals surface area contributed by atoms with Crippen LogP contribution in [0.15, 0.2) is 206 Å². The monoisotopic (exact) mass is 746 g/mol. The second kappa shape index (κ2) is 13.5. The van der Waals surface area contributed by atoms with E-state index in [1.54, 1.807) is 0 Å². The number of nitrogens with zero attached hydrogens (tertiary/aromatic N) is 2. The second-order valence-electron chi connectivity index (χ2n) is 16.0. The number of hydrogen-bond donors (Lipinski definition) is 0. The van der Waals surface area contributed by atoms with Gasteiger partial charge in [-0.25, -0.2) is 0 Å². The van der Waals surface area contributed by atoms with Crippen LogP contribution in [-0.4, -0.2) is 0 Å². The minimum Gasteiger partial charge on any atom is -0.458 e. The zero-order chi connectivity index (χ0) is 38.8.